The molecule has 150 valence electrons. The lowest BCUT2D eigenvalue weighted by molar-refractivity contribution is -0.143. The summed E-state index contributed by atoms with van der Waals surface area (Å²) in [5.41, 5.74) is 6.63. The zero-order chi connectivity index (χ0) is 20.0. The van der Waals surface area contributed by atoms with Crippen molar-refractivity contribution in [2.24, 2.45) is 5.73 Å². The highest BCUT2D eigenvalue weighted by Gasteiger charge is 2.37. The Bertz CT molecular complexity index is 648. The van der Waals surface area contributed by atoms with E-state index in [9.17, 15) is 14.7 Å². The van der Waals surface area contributed by atoms with Crippen molar-refractivity contribution in [1.29, 1.82) is 0 Å². The minimum atomic E-state index is -1.04. The quantitative estimate of drug-likeness (QED) is 0.776. The standard InChI is InChI=1S/C15H19NO4.C6H13N/c1-15(2,3)20-14(19)16-9-8-10-6-4-5-7-11(10)12(16)13(17)18;7-6-4-2-1-3-5-6/h4-7,12H,8-9H2,1-3H3,(H,17,18);6H,1-5,7H2. The third-order valence-corrected chi connectivity index (χ3v) is 4.80. The van der Waals surface area contributed by atoms with Crippen LogP contribution in [0, 0.1) is 0 Å². The third kappa shape index (κ3) is 6.24. The van der Waals surface area contributed by atoms with Gasteiger partial charge in [-0.05, 0) is 51.2 Å². The molecular weight excluding hydrogens is 344 g/mol. The second-order valence-corrected chi connectivity index (χ2v) is 8.26. The van der Waals surface area contributed by atoms with Crippen LogP contribution in [0.3, 0.4) is 0 Å². The summed E-state index contributed by atoms with van der Waals surface area (Å²) in [6.45, 7) is 5.64. The first kappa shape index (κ1) is 21.2. The fourth-order valence-corrected chi connectivity index (χ4v) is 3.48. The second kappa shape index (κ2) is 9.22. The zero-order valence-electron chi connectivity index (χ0n) is 16.6. The average Bonchev–Trinajstić information content (AvgIpc) is 2.60. The largest absolute Gasteiger partial charge is 0.479 e. The van der Waals surface area contributed by atoms with Gasteiger partial charge < -0.3 is 15.6 Å². The molecule has 1 unspecified atom stereocenters. The van der Waals surface area contributed by atoms with E-state index in [1.165, 1.54) is 37.0 Å². The number of carboxylic acids is 1. The monoisotopic (exact) mass is 376 g/mol. The van der Waals surface area contributed by atoms with Crippen LogP contribution in [0.1, 0.15) is 70.0 Å². The van der Waals surface area contributed by atoms with Gasteiger partial charge in [0.15, 0.2) is 6.04 Å². The molecule has 0 saturated heterocycles. The molecular formula is C21H32N2O4. The highest BCUT2D eigenvalue weighted by molar-refractivity contribution is 5.82. The van der Waals surface area contributed by atoms with Gasteiger partial charge in [-0.3, -0.25) is 4.90 Å². The summed E-state index contributed by atoms with van der Waals surface area (Å²) in [7, 11) is 0. The molecule has 6 heteroatoms. The van der Waals surface area contributed by atoms with Crippen LogP contribution in [0.5, 0.6) is 0 Å². The van der Waals surface area contributed by atoms with E-state index in [2.05, 4.69) is 0 Å². The van der Waals surface area contributed by atoms with Crippen LogP contribution in [0.2, 0.25) is 0 Å². The molecule has 0 radical (unpaired) electrons. The lowest BCUT2D eigenvalue weighted by Gasteiger charge is -2.35. The van der Waals surface area contributed by atoms with E-state index in [0.29, 0.717) is 24.6 Å². The van der Waals surface area contributed by atoms with E-state index >= 15 is 0 Å². The summed E-state index contributed by atoms with van der Waals surface area (Å²) < 4.78 is 5.30. The van der Waals surface area contributed by atoms with Crippen molar-refractivity contribution in [3.63, 3.8) is 0 Å². The van der Waals surface area contributed by atoms with Gasteiger partial charge in [-0.15, -0.1) is 0 Å². The van der Waals surface area contributed by atoms with Crippen LogP contribution in [-0.4, -0.2) is 40.3 Å². The predicted molar refractivity (Wildman–Crippen MR) is 105 cm³/mol. The molecule has 1 amide bonds. The molecule has 1 saturated carbocycles. The highest BCUT2D eigenvalue weighted by atomic mass is 16.6. The Morgan fingerprint density at radius 1 is 1.15 bits per heavy atom. The van der Waals surface area contributed by atoms with Crippen LogP contribution in [0.15, 0.2) is 24.3 Å². The summed E-state index contributed by atoms with van der Waals surface area (Å²) >= 11 is 0. The Kier molecular flexibility index (Phi) is 7.25. The Labute approximate surface area is 161 Å². The number of fused-ring (bicyclic) bond motifs is 1. The Hall–Kier alpha value is -2.08. The van der Waals surface area contributed by atoms with E-state index in [0.717, 1.165) is 5.56 Å². The molecule has 1 aliphatic carbocycles. The normalized spacial score (nSPS) is 20.1. The van der Waals surface area contributed by atoms with Crippen molar-refractivity contribution in [3.8, 4) is 0 Å². The maximum absolute atomic E-state index is 12.2. The van der Waals surface area contributed by atoms with Crippen molar-refractivity contribution in [3.05, 3.63) is 35.4 Å². The molecule has 3 rings (SSSR count). The van der Waals surface area contributed by atoms with Crippen molar-refractivity contribution < 1.29 is 19.4 Å². The van der Waals surface area contributed by atoms with Crippen LogP contribution < -0.4 is 5.73 Å². The van der Waals surface area contributed by atoms with Crippen molar-refractivity contribution >= 4 is 12.1 Å². The number of carbonyl (C=O) groups is 2. The summed E-state index contributed by atoms with van der Waals surface area (Å²) in [5.74, 6) is -1.04. The number of amides is 1. The molecule has 1 heterocycles. The van der Waals surface area contributed by atoms with Gasteiger partial charge in [0.05, 0.1) is 0 Å². The van der Waals surface area contributed by atoms with Crippen LogP contribution in [0.4, 0.5) is 4.79 Å². The molecule has 1 atom stereocenters. The molecule has 0 aromatic heterocycles. The average molecular weight is 376 g/mol. The van der Waals surface area contributed by atoms with Crippen molar-refractivity contribution in [2.45, 2.75) is 77.0 Å². The number of carboxylic acid groups (broad SMARTS) is 1. The van der Waals surface area contributed by atoms with Gasteiger partial charge in [-0.25, -0.2) is 9.59 Å². The third-order valence-electron chi connectivity index (χ3n) is 4.80. The first-order valence-corrected chi connectivity index (χ1v) is 9.75. The van der Waals surface area contributed by atoms with Crippen molar-refractivity contribution in [1.82, 2.24) is 4.90 Å². The fourth-order valence-electron chi connectivity index (χ4n) is 3.48. The Morgan fingerprint density at radius 3 is 2.30 bits per heavy atom. The minimum absolute atomic E-state index is 0.350. The first-order valence-electron chi connectivity index (χ1n) is 9.75. The van der Waals surface area contributed by atoms with Gasteiger partial charge in [-0.1, -0.05) is 43.5 Å². The van der Waals surface area contributed by atoms with Crippen LogP contribution in [-0.2, 0) is 16.0 Å². The van der Waals surface area contributed by atoms with Gasteiger partial charge in [0, 0.05) is 12.6 Å². The van der Waals surface area contributed by atoms with E-state index in [1.807, 2.05) is 12.1 Å². The Morgan fingerprint density at radius 2 is 1.78 bits per heavy atom. The molecule has 0 spiro atoms. The molecule has 0 bridgehead atoms. The number of hydrogen-bond acceptors (Lipinski definition) is 4. The SMILES string of the molecule is CC(C)(C)OC(=O)N1CCc2ccccc2C1C(=O)O.NC1CCCCC1. The minimum Gasteiger partial charge on any atom is -0.479 e. The topological polar surface area (TPSA) is 92.9 Å². The van der Waals surface area contributed by atoms with E-state index in [-0.39, 0.29) is 0 Å². The first-order chi connectivity index (χ1) is 12.7. The molecule has 3 N–H and O–H groups in total. The lowest BCUT2D eigenvalue weighted by Crippen LogP contribution is -2.45. The number of aliphatic carboxylic acids is 1. The number of rotatable bonds is 1. The van der Waals surface area contributed by atoms with Gasteiger partial charge in [0.1, 0.15) is 5.60 Å². The molecule has 6 nitrogen and oxygen atoms in total. The molecule has 1 aromatic rings. The number of hydrogen-bond donors (Lipinski definition) is 2. The lowest BCUT2D eigenvalue weighted by atomic mass is 9.93. The highest BCUT2D eigenvalue weighted by Crippen LogP contribution is 2.31. The maximum Gasteiger partial charge on any atom is 0.411 e. The second-order valence-electron chi connectivity index (χ2n) is 8.26. The summed E-state index contributed by atoms with van der Waals surface area (Å²) in [5, 5.41) is 9.45. The predicted octanol–water partition coefficient (Wildman–Crippen LogP) is 3.88. The fraction of sp³-hybridized carbons (Fsp3) is 0.619. The van der Waals surface area contributed by atoms with Crippen LogP contribution >= 0.6 is 0 Å². The van der Waals surface area contributed by atoms with Gasteiger partial charge in [0.25, 0.3) is 0 Å². The van der Waals surface area contributed by atoms with E-state index in [1.54, 1.807) is 32.9 Å². The molecule has 27 heavy (non-hydrogen) atoms. The molecule has 1 aromatic carbocycles. The molecule has 1 fully saturated rings. The Balaban J connectivity index is 0.000000313. The smallest absolute Gasteiger partial charge is 0.411 e. The van der Waals surface area contributed by atoms with E-state index in [4.69, 9.17) is 10.5 Å². The van der Waals surface area contributed by atoms with E-state index < -0.39 is 23.7 Å². The zero-order valence-corrected chi connectivity index (χ0v) is 16.6. The summed E-state index contributed by atoms with van der Waals surface area (Å²) in [6.07, 6.45) is 6.72. The summed E-state index contributed by atoms with van der Waals surface area (Å²) in [4.78, 5) is 25.0. The van der Waals surface area contributed by atoms with Gasteiger partial charge in [0.2, 0.25) is 0 Å². The number of carbonyl (C=O) groups excluding carboxylic acids is 1. The molecule has 2 aliphatic rings. The number of nitrogens with zero attached hydrogens (tertiary/aromatic N) is 1. The van der Waals surface area contributed by atoms with Crippen molar-refractivity contribution in [2.75, 3.05) is 6.54 Å². The number of ether oxygens (including phenoxy) is 1. The maximum atomic E-state index is 12.2. The summed E-state index contributed by atoms with van der Waals surface area (Å²) in [6, 6.07) is 6.87. The van der Waals surface area contributed by atoms with Gasteiger partial charge >= 0.3 is 12.1 Å². The van der Waals surface area contributed by atoms with Crippen LogP contribution in [0.25, 0.3) is 0 Å². The molecule has 1 aliphatic heterocycles. The number of nitrogens with two attached hydrogens (primary N) is 1. The number of benzene rings is 1. The van der Waals surface area contributed by atoms with Gasteiger partial charge in [-0.2, -0.15) is 0 Å².